The average Bonchev–Trinajstić information content (AvgIpc) is 3.12. The minimum atomic E-state index is -1.05. The molecule has 1 aromatic carbocycles. The summed E-state index contributed by atoms with van der Waals surface area (Å²) in [4.78, 5) is 27.8. The first-order valence-corrected chi connectivity index (χ1v) is 10.8. The first kappa shape index (κ1) is 18.5. The highest BCUT2D eigenvalue weighted by Gasteiger charge is 2.50. The van der Waals surface area contributed by atoms with Gasteiger partial charge in [-0.05, 0) is 67.4 Å². The number of amides is 1. The number of nitrogens with one attached hydrogen (secondary N) is 2. The summed E-state index contributed by atoms with van der Waals surface area (Å²) in [5.74, 6) is 1.06. The number of hydrogen-bond acceptors (Lipinski definition) is 3. The SMILES string of the molecule is CC(c1c[nH]c2ccccc12)C(NC(=O)OC1C2CC3CC(C2)CC1C3)C(=O)O. The molecule has 0 radical (unpaired) electrons. The largest absolute Gasteiger partial charge is 0.480 e. The van der Waals surface area contributed by atoms with E-state index in [1.807, 2.05) is 37.4 Å². The van der Waals surface area contributed by atoms with Crippen LogP contribution in [0.5, 0.6) is 0 Å². The number of H-pyrrole nitrogens is 1. The summed E-state index contributed by atoms with van der Waals surface area (Å²) in [6.45, 7) is 1.83. The van der Waals surface area contributed by atoms with Crippen LogP contribution in [0.15, 0.2) is 30.5 Å². The Morgan fingerprint density at radius 2 is 1.76 bits per heavy atom. The highest BCUT2D eigenvalue weighted by molar-refractivity contribution is 5.86. The molecule has 1 aromatic heterocycles. The Balaban J connectivity index is 1.29. The van der Waals surface area contributed by atoms with Crippen LogP contribution in [0.4, 0.5) is 4.79 Å². The summed E-state index contributed by atoms with van der Waals surface area (Å²) in [7, 11) is 0. The van der Waals surface area contributed by atoms with E-state index in [0.717, 1.165) is 54.0 Å². The van der Waals surface area contributed by atoms with Crippen LogP contribution in [0, 0.1) is 23.7 Å². The molecule has 0 saturated heterocycles. The van der Waals surface area contributed by atoms with Gasteiger partial charge in [0.1, 0.15) is 12.1 Å². The van der Waals surface area contributed by atoms with Crippen LogP contribution in [0.2, 0.25) is 0 Å². The number of alkyl carbamates (subject to hydrolysis) is 1. The zero-order valence-corrected chi connectivity index (χ0v) is 16.6. The average molecular weight is 396 g/mol. The molecule has 4 fully saturated rings. The molecule has 6 heteroatoms. The summed E-state index contributed by atoms with van der Waals surface area (Å²) in [6.07, 6.45) is 7.13. The van der Waals surface area contributed by atoms with Crippen molar-refractivity contribution in [2.24, 2.45) is 23.7 Å². The highest BCUT2D eigenvalue weighted by atomic mass is 16.6. The minimum absolute atomic E-state index is 0.0550. The van der Waals surface area contributed by atoms with Crippen LogP contribution >= 0.6 is 0 Å². The fraction of sp³-hybridized carbons (Fsp3) is 0.565. The minimum Gasteiger partial charge on any atom is -0.480 e. The molecule has 3 N–H and O–H groups in total. The van der Waals surface area contributed by atoms with Gasteiger partial charge in [-0.15, -0.1) is 0 Å². The van der Waals surface area contributed by atoms with Crippen LogP contribution in [-0.2, 0) is 9.53 Å². The molecule has 2 unspecified atom stereocenters. The van der Waals surface area contributed by atoms with Crippen molar-refractivity contribution in [1.29, 1.82) is 0 Å². The Labute approximate surface area is 170 Å². The van der Waals surface area contributed by atoms with Crippen LogP contribution in [-0.4, -0.2) is 34.3 Å². The Morgan fingerprint density at radius 1 is 1.10 bits per heavy atom. The molecule has 4 aliphatic rings. The van der Waals surface area contributed by atoms with E-state index in [-0.39, 0.29) is 6.10 Å². The van der Waals surface area contributed by atoms with E-state index in [1.165, 1.54) is 6.42 Å². The number of carboxylic acid groups (broad SMARTS) is 1. The van der Waals surface area contributed by atoms with Gasteiger partial charge < -0.3 is 20.1 Å². The molecule has 4 aliphatic carbocycles. The van der Waals surface area contributed by atoms with E-state index >= 15 is 0 Å². The van der Waals surface area contributed by atoms with Crippen molar-refractivity contribution in [3.8, 4) is 0 Å². The summed E-state index contributed by atoms with van der Waals surface area (Å²) < 4.78 is 5.84. The maximum absolute atomic E-state index is 12.7. The van der Waals surface area contributed by atoms with E-state index < -0.39 is 24.0 Å². The van der Waals surface area contributed by atoms with Gasteiger partial charge >= 0.3 is 12.1 Å². The number of carbonyl (C=O) groups excluding carboxylic acids is 1. The van der Waals surface area contributed by atoms with Crippen molar-refractivity contribution in [2.45, 2.75) is 57.1 Å². The van der Waals surface area contributed by atoms with Gasteiger partial charge in [0.25, 0.3) is 0 Å². The number of carbonyl (C=O) groups is 2. The fourth-order valence-corrected chi connectivity index (χ4v) is 6.40. The topological polar surface area (TPSA) is 91.4 Å². The molecule has 0 spiro atoms. The Hall–Kier alpha value is -2.50. The van der Waals surface area contributed by atoms with Gasteiger partial charge in [-0.2, -0.15) is 0 Å². The number of rotatable bonds is 5. The van der Waals surface area contributed by atoms with Crippen molar-refractivity contribution in [1.82, 2.24) is 10.3 Å². The molecular weight excluding hydrogens is 368 g/mol. The van der Waals surface area contributed by atoms with E-state index in [1.54, 1.807) is 0 Å². The molecule has 1 amide bonds. The monoisotopic (exact) mass is 396 g/mol. The summed E-state index contributed by atoms with van der Waals surface area (Å²) >= 11 is 0. The zero-order valence-electron chi connectivity index (χ0n) is 16.6. The second kappa shape index (κ2) is 7.08. The quantitative estimate of drug-likeness (QED) is 0.704. The van der Waals surface area contributed by atoms with Crippen LogP contribution in [0.25, 0.3) is 10.9 Å². The molecule has 0 aliphatic heterocycles. The number of para-hydroxylation sites is 1. The van der Waals surface area contributed by atoms with Crippen molar-refractivity contribution in [2.75, 3.05) is 0 Å². The van der Waals surface area contributed by atoms with Gasteiger partial charge in [-0.1, -0.05) is 25.1 Å². The molecular formula is C23H28N2O4. The molecule has 4 bridgehead atoms. The lowest BCUT2D eigenvalue weighted by Crippen LogP contribution is -2.52. The van der Waals surface area contributed by atoms with Crippen molar-refractivity contribution in [3.05, 3.63) is 36.0 Å². The Kier molecular flexibility index (Phi) is 4.52. The fourth-order valence-electron chi connectivity index (χ4n) is 6.40. The van der Waals surface area contributed by atoms with Crippen LogP contribution in [0.1, 0.15) is 50.5 Å². The molecule has 154 valence electrons. The van der Waals surface area contributed by atoms with E-state index in [2.05, 4.69) is 10.3 Å². The second-order valence-electron chi connectivity index (χ2n) is 9.34. The van der Waals surface area contributed by atoms with Gasteiger partial charge in [-0.3, -0.25) is 0 Å². The molecule has 1 heterocycles. The van der Waals surface area contributed by atoms with Crippen LogP contribution < -0.4 is 5.32 Å². The lowest BCUT2D eigenvalue weighted by molar-refractivity contribution is -0.140. The third kappa shape index (κ3) is 3.28. The zero-order chi connectivity index (χ0) is 20.1. The lowest BCUT2D eigenvalue weighted by Gasteiger charge is -2.53. The van der Waals surface area contributed by atoms with Crippen molar-refractivity contribution in [3.63, 3.8) is 0 Å². The number of ether oxygens (including phenoxy) is 1. The van der Waals surface area contributed by atoms with E-state index in [4.69, 9.17) is 4.74 Å². The predicted molar refractivity (Wildman–Crippen MR) is 109 cm³/mol. The number of aromatic amines is 1. The normalized spacial score (nSPS) is 32.1. The van der Waals surface area contributed by atoms with E-state index in [0.29, 0.717) is 11.8 Å². The number of aromatic nitrogens is 1. The standard InChI is InChI=1S/C23H28N2O4/c1-12(18-11-24-19-5-3-2-4-17(18)19)20(22(26)27)25-23(28)29-21-15-7-13-6-14(9-15)10-16(21)8-13/h2-5,11-16,20-21,24H,6-10H2,1H3,(H,25,28)(H,26,27). The van der Waals surface area contributed by atoms with Gasteiger partial charge in [0.2, 0.25) is 0 Å². The molecule has 4 saturated carbocycles. The molecule has 2 aromatic rings. The van der Waals surface area contributed by atoms with Crippen molar-refractivity contribution >= 4 is 23.0 Å². The Morgan fingerprint density at radius 3 is 2.41 bits per heavy atom. The second-order valence-corrected chi connectivity index (χ2v) is 9.34. The third-order valence-corrected chi connectivity index (χ3v) is 7.53. The van der Waals surface area contributed by atoms with Crippen molar-refractivity contribution < 1.29 is 19.4 Å². The summed E-state index contributed by atoms with van der Waals surface area (Å²) in [5.41, 5.74) is 1.83. The van der Waals surface area contributed by atoms with Crippen LogP contribution in [0.3, 0.4) is 0 Å². The molecule has 6 nitrogen and oxygen atoms in total. The number of benzene rings is 1. The van der Waals surface area contributed by atoms with E-state index in [9.17, 15) is 14.7 Å². The maximum atomic E-state index is 12.7. The van der Waals surface area contributed by atoms with Gasteiger partial charge in [0, 0.05) is 23.0 Å². The first-order valence-electron chi connectivity index (χ1n) is 10.8. The van der Waals surface area contributed by atoms with Gasteiger partial charge in [-0.25, -0.2) is 9.59 Å². The predicted octanol–water partition coefficient (Wildman–Crippen LogP) is 4.28. The number of fused-ring (bicyclic) bond motifs is 1. The number of carboxylic acids is 1. The van der Waals surface area contributed by atoms with Gasteiger partial charge in [0.15, 0.2) is 0 Å². The summed E-state index contributed by atoms with van der Waals surface area (Å²) in [5, 5.41) is 13.4. The number of aliphatic carboxylic acids is 1. The number of hydrogen-bond donors (Lipinski definition) is 3. The first-order chi connectivity index (χ1) is 14.0. The highest BCUT2D eigenvalue weighted by Crippen LogP contribution is 2.54. The Bertz CT molecular complexity index is 908. The lowest BCUT2D eigenvalue weighted by atomic mass is 9.55. The summed E-state index contributed by atoms with van der Waals surface area (Å²) in [6, 6.07) is 6.73. The molecule has 6 rings (SSSR count). The maximum Gasteiger partial charge on any atom is 0.408 e. The molecule has 29 heavy (non-hydrogen) atoms. The molecule has 2 atom stereocenters. The third-order valence-electron chi connectivity index (χ3n) is 7.53. The smallest absolute Gasteiger partial charge is 0.408 e. The van der Waals surface area contributed by atoms with Gasteiger partial charge in [0.05, 0.1) is 0 Å².